The number of likely N-dealkylation sites (tertiary alicyclic amines) is 1. The van der Waals surface area contributed by atoms with Crippen LogP contribution in [0.4, 0.5) is 19.0 Å². The van der Waals surface area contributed by atoms with Crippen LogP contribution in [-0.2, 0) is 11.3 Å². The third-order valence-corrected chi connectivity index (χ3v) is 8.01. The number of halogens is 3. The number of rotatable bonds is 9. The molecule has 0 spiro atoms. The van der Waals surface area contributed by atoms with Gasteiger partial charge in [-0.1, -0.05) is 13.0 Å². The first-order chi connectivity index (χ1) is 21.2. The molecule has 3 N–H and O–H groups in total. The largest absolute Gasteiger partial charge is 0.454 e. The highest BCUT2D eigenvalue weighted by atomic mass is 19.2. The van der Waals surface area contributed by atoms with E-state index in [0.29, 0.717) is 24.0 Å². The van der Waals surface area contributed by atoms with Crippen LogP contribution in [0.25, 0.3) is 22.3 Å². The van der Waals surface area contributed by atoms with Crippen molar-refractivity contribution in [3.05, 3.63) is 71.8 Å². The molecular weight excluding hydrogens is 573 g/mol. The summed E-state index contributed by atoms with van der Waals surface area (Å²) in [6.45, 7) is 3.44. The molecule has 226 valence electrons. The number of nitrogen functional groups attached to an aromatic ring is 1. The van der Waals surface area contributed by atoms with Crippen LogP contribution in [-0.4, -0.2) is 55.2 Å². The van der Waals surface area contributed by atoms with Gasteiger partial charge < -0.3 is 20.7 Å². The summed E-state index contributed by atoms with van der Waals surface area (Å²) in [6.07, 6.45) is 6.21. The van der Waals surface area contributed by atoms with Gasteiger partial charge >= 0.3 is 0 Å². The molecule has 1 aliphatic heterocycles. The Morgan fingerprint density at radius 3 is 2.77 bits per heavy atom. The van der Waals surface area contributed by atoms with Gasteiger partial charge in [0.2, 0.25) is 5.82 Å². The Morgan fingerprint density at radius 2 is 2.05 bits per heavy atom. The minimum Gasteiger partial charge on any atom is -0.454 e. The molecule has 44 heavy (non-hydrogen) atoms. The lowest BCUT2D eigenvalue weighted by Crippen LogP contribution is -2.40. The highest BCUT2D eigenvalue weighted by molar-refractivity contribution is 5.99. The van der Waals surface area contributed by atoms with Crippen LogP contribution < -0.4 is 15.8 Å². The Morgan fingerprint density at radius 1 is 1.23 bits per heavy atom. The summed E-state index contributed by atoms with van der Waals surface area (Å²) in [6, 6.07) is 9.11. The molecule has 10 nitrogen and oxygen atoms in total. The molecule has 0 bridgehead atoms. The van der Waals surface area contributed by atoms with Gasteiger partial charge in [-0.2, -0.15) is 14.8 Å². The fourth-order valence-corrected chi connectivity index (χ4v) is 5.71. The molecule has 1 saturated heterocycles. The van der Waals surface area contributed by atoms with E-state index in [1.54, 1.807) is 15.7 Å². The van der Waals surface area contributed by atoms with Crippen LogP contribution >= 0.6 is 0 Å². The van der Waals surface area contributed by atoms with Gasteiger partial charge in [0.15, 0.2) is 17.2 Å². The Labute approximate surface area is 250 Å². The Balaban J connectivity index is 1.30. The van der Waals surface area contributed by atoms with E-state index in [1.165, 1.54) is 30.6 Å². The summed E-state index contributed by atoms with van der Waals surface area (Å²) in [5.74, 6) is -3.70. The fraction of sp³-hybridized carbons (Fsp3) is 0.323. The number of anilines is 1. The van der Waals surface area contributed by atoms with Gasteiger partial charge in [-0.25, -0.2) is 23.4 Å². The average molecular weight is 603 g/mol. The number of benzene rings is 2. The molecule has 1 saturated carbocycles. The number of carbonyl (C=O) groups excluding carboxylic acids is 1. The van der Waals surface area contributed by atoms with Crippen molar-refractivity contribution < 1.29 is 22.7 Å². The zero-order valence-electron chi connectivity index (χ0n) is 23.9. The summed E-state index contributed by atoms with van der Waals surface area (Å²) in [5.41, 5.74) is 6.61. The Hall–Kier alpha value is -4.96. The van der Waals surface area contributed by atoms with Crippen molar-refractivity contribution in [2.75, 3.05) is 18.8 Å². The van der Waals surface area contributed by atoms with Gasteiger partial charge in [0.05, 0.1) is 18.0 Å². The van der Waals surface area contributed by atoms with Crippen molar-refractivity contribution in [1.29, 1.82) is 5.26 Å². The number of aromatic nitrogens is 4. The number of ether oxygens (including phenoxy) is 1. The van der Waals surface area contributed by atoms with E-state index in [2.05, 4.69) is 26.5 Å². The van der Waals surface area contributed by atoms with Crippen molar-refractivity contribution in [3.63, 3.8) is 0 Å². The monoisotopic (exact) mass is 602 g/mol. The molecule has 1 atom stereocenters. The number of nitrogens with zero attached hydrogens (tertiary/aromatic N) is 6. The van der Waals surface area contributed by atoms with Gasteiger partial charge in [-0.3, -0.25) is 4.79 Å². The van der Waals surface area contributed by atoms with Gasteiger partial charge in [0.25, 0.3) is 5.91 Å². The molecule has 2 aromatic carbocycles. The lowest BCUT2D eigenvalue weighted by Gasteiger charge is -2.25. The second-order valence-electron chi connectivity index (χ2n) is 10.9. The number of hydrogen-bond acceptors (Lipinski definition) is 8. The Kier molecular flexibility index (Phi) is 7.69. The van der Waals surface area contributed by atoms with Crippen LogP contribution in [0.2, 0.25) is 0 Å². The zero-order chi connectivity index (χ0) is 31.0. The number of nitrogens with two attached hydrogens (primary N) is 1. The lowest BCUT2D eigenvalue weighted by atomic mass is 10.1. The van der Waals surface area contributed by atoms with Crippen molar-refractivity contribution in [1.82, 2.24) is 30.0 Å². The number of carbonyl (C=O) groups is 1. The van der Waals surface area contributed by atoms with Crippen LogP contribution in [0.15, 0.2) is 54.4 Å². The summed E-state index contributed by atoms with van der Waals surface area (Å²) in [5, 5.41) is 18.2. The van der Waals surface area contributed by atoms with E-state index in [1.807, 2.05) is 6.92 Å². The molecule has 1 aliphatic carbocycles. The molecule has 3 heterocycles. The minimum absolute atomic E-state index is 0.0488. The molecule has 0 radical (unpaired) electrons. The van der Waals surface area contributed by atoms with Crippen molar-refractivity contribution in [3.8, 4) is 28.8 Å². The minimum atomic E-state index is -1.19. The van der Waals surface area contributed by atoms with Crippen molar-refractivity contribution in [2.24, 2.45) is 0 Å². The maximum Gasteiger partial charge on any atom is 0.264 e. The van der Waals surface area contributed by atoms with Crippen LogP contribution in [0.1, 0.15) is 32.6 Å². The highest BCUT2D eigenvalue weighted by Crippen LogP contribution is 2.38. The van der Waals surface area contributed by atoms with Crippen molar-refractivity contribution in [2.45, 2.75) is 50.7 Å². The van der Waals surface area contributed by atoms with Gasteiger partial charge in [-0.15, -0.1) is 0 Å². The molecule has 1 amide bonds. The SMILES string of the molecule is CCNC1(/C=C(\C#N)C(=O)N2CCC[C@H]2Cn2nc(-c3ccc(Oc4cccc(F)c4F)cc3F)c3c(N)ncnc32)CC1. The number of nitrogens with one attached hydrogen (secondary N) is 1. The molecule has 2 aromatic heterocycles. The smallest absolute Gasteiger partial charge is 0.264 e. The normalized spacial score (nSPS) is 17.6. The molecule has 2 fully saturated rings. The number of amides is 1. The molecule has 2 aliphatic rings. The third-order valence-electron chi connectivity index (χ3n) is 8.01. The first-order valence-electron chi connectivity index (χ1n) is 14.3. The van der Waals surface area contributed by atoms with Crippen LogP contribution in [0.3, 0.4) is 0 Å². The number of hydrogen-bond donors (Lipinski definition) is 2. The van der Waals surface area contributed by atoms with Crippen molar-refractivity contribution >= 4 is 22.8 Å². The summed E-state index contributed by atoms with van der Waals surface area (Å²) >= 11 is 0. The van der Waals surface area contributed by atoms with E-state index in [4.69, 9.17) is 10.5 Å². The van der Waals surface area contributed by atoms with E-state index < -0.39 is 17.5 Å². The first-order valence-corrected chi connectivity index (χ1v) is 14.3. The fourth-order valence-electron chi connectivity index (χ4n) is 5.71. The molecule has 0 unspecified atom stereocenters. The highest BCUT2D eigenvalue weighted by Gasteiger charge is 2.42. The number of likely N-dealkylation sites (N-methyl/N-ethyl adjacent to an activating group) is 1. The Bertz CT molecular complexity index is 1830. The molecule has 4 aromatic rings. The topological polar surface area (TPSA) is 135 Å². The zero-order valence-corrected chi connectivity index (χ0v) is 23.9. The van der Waals surface area contributed by atoms with E-state index in [0.717, 1.165) is 37.9 Å². The maximum absolute atomic E-state index is 15.5. The summed E-state index contributed by atoms with van der Waals surface area (Å²) < 4.78 is 50.1. The van der Waals surface area contributed by atoms with Crippen LogP contribution in [0.5, 0.6) is 11.5 Å². The van der Waals surface area contributed by atoms with E-state index in [-0.39, 0.29) is 58.2 Å². The average Bonchev–Trinajstić information content (AvgIpc) is 3.43. The third kappa shape index (κ3) is 5.44. The van der Waals surface area contributed by atoms with Gasteiger partial charge in [0, 0.05) is 23.7 Å². The van der Waals surface area contributed by atoms with Gasteiger partial charge in [0.1, 0.15) is 41.0 Å². The second-order valence-corrected chi connectivity index (χ2v) is 10.9. The second kappa shape index (κ2) is 11.6. The van der Waals surface area contributed by atoms with E-state index >= 15 is 4.39 Å². The summed E-state index contributed by atoms with van der Waals surface area (Å²) in [7, 11) is 0. The maximum atomic E-state index is 15.5. The lowest BCUT2D eigenvalue weighted by molar-refractivity contribution is -0.127. The first kappa shape index (κ1) is 29.1. The van der Waals surface area contributed by atoms with E-state index in [9.17, 15) is 18.8 Å². The standard InChI is InChI=1S/C31H29F3N8O2/c1-2-39-31(10-11-31)14-18(15-35)30(43)41-12-4-5-19(41)16-42-29-25(28(36)37-17-38-29)27(40-42)21-9-8-20(13-23(21)33)44-24-7-3-6-22(32)26(24)34/h3,6-9,13-14,17,19,39H,2,4-5,10-12,16H2,1H3,(H2,36,37,38)/b18-14+/t19-/m0/s1. The number of nitriles is 1. The van der Waals surface area contributed by atoms with Crippen LogP contribution in [0, 0.1) is 28.8 Å². The molecule has 6 rings (SSSR count). The predicted molar refractivity (Wildman–Crippen MR) is 156 cm³/mol. The molecular formula is C31H29F3N8O2. The predicted octanol–water partition coefficient (Wildman–Crippen LogP) is 4.87. The molecule has 13 heteroatoms. The van der Waals surface area contributed by atoms with Gasteiger partial charge in [-0.05, 0) is 62.6 Å². The summed E-state index contributed by atoms with van der Waals surface area (Å²) in [4.78, 5) is 23.6. The number of fused-ring (bicyclic) bond motifs is 1. The quantitative estimate of drug-likeness (QED) is 0.205.